The second-order valence-corrected chi connectivity index (χ2v) is 8.92. The molecule has 4 rings (SSSR count). The molecular weight excluding hydrogens is 458 g/mol. The summed E-state index contributed by atoms with van der Waals surface area (Å²) in [5.41, 5.74) is 2.14. The smallest absolute Gasteiger partial charge is 0.224 e. The molecule has 33 heavy (non-hydrogen) atoms. The number of benzene rings is 2. The Labute approximate surface area is 203 Å². The van der Waals surface area contributed by atoms with Crippen molar-refractivity contribution < 1.29 is 9.53 Å². The number of halogens is 1. The fraction of sp³-hybridized carbons (Fsp3) is 0.375. The molecule has 2 heterocycles. The summed E-state index contributed by atoms with van der Waals surface area (Å²) in [7, 11) is 0. The lowest BCUT2D eigenvalue weighted by Gasteiger charge is -2.34. The van der Waals surface area contributed by atoms with Crippen LogP contribution in [-0.4, -0.2) is 69.8 Å². The Morgan fingerprint density at radius 3 is 2.67 bits per heavy atom. The second kappa shape index (κ2) is 11.0. The first-order valence-corrected chi connectivity index (χ1v) is 11.9. The minimum atomic E-state index is 0.139. The molecule has 1 saturated heterocycles. The summed E-state index contributed by atoms with van der Waals surface area (Å²) >= 11 is 11.5. The molecule has 1 amide bonds. The summed E-state index contributed by atoms with van der Waals surface area (Å²) in [6.45, 7) is 7.01. The van der Waals surface area contributed by atoms with Crippen molar-refractivity contribution in [3.8, 4) is 17.1 Å². The summed E-state index contributed by atoms with van der Waals surface area (Å²) in [4.78, 5) is 17.1. The largest absolute Gasteiger partial charge is 0.491 e. The first-order chi connectivity index (χ1) is 16.0. The highest BCUT2D eigenvalue weighted by atomic mass is 35.5. The van der Waals surface area contributed by atoms with Crippen LogP contribution in [-0.2, 0) is 11.3 Å². The van der Waals surface area contributed by atoms with Gasteiger partial charge < -0.3 is 9.64 Å². The van der Waals surface area contributed by atoms with Crippen molar-refractivity contribution in [2.75, 3.05) is 39.3 Å². The van der Waals surface area contributed by atoms with Gasteiger partial charge in [0.05, 0.1) is 5.02 Å². The van der Waals surface area contributed by atoms with Crippen molar-refractivity contribution in [3.63, 3.8) is 0 Å². The van der Waals surface area contributed by atoms with Crippen LogP contribution in [0.3, 0.4) is 0 Å². The van der Waals surface area contributed by atoms with Gasteiger partial charge in [0, 0.05) is 51.3 Å². The maximum Gasteiger partial charge on any atom is 0.224 e. The maximum absolute atomic E-state index is 12.8. The van der Waals surface area contributed by atoms with Gasteiger partial charge in [0.2, 0.25) is 5.91 Å². The Kier molecular flexibility index (Phi) is 7.80. The number of para-hydroxylation sites is 1. The number of aryl methyl sites for hydroxylation is 1. The number of aromatic nitrogens is 3. The van der Waals surface area contributed by atoms with Crippen molar-refractivity contribution in [2.24, 2.45) is 0 Å². The van der Waals surface area contributed by atoms with E-state index in [1.165, 1.54) is 0 Å². The predicted molar refractivity (Wildman–Crippen MR) is 132 cm³/mol. The molecule has 1 N–H and O–H groups in total. The predicted octanol–water partition coefficient (Wildman–Crippen LogP) is 4.18. The summed E-state index contributed by atoms with van der Waals surface area (Å²) in [5, 5.41) is 7.86. The molecule has 3 aromatic rings. The van der Waals surface area contributed by atoms with Gasteiger partial charge in [-0.2, -0.15) is 5.10 Å². The minimum Gasteiger partial charge on any atom is -0.491 e. The highest BCUT2D eigenvalue weighted by Gasteiger charge is 2.21. The average Bonchev–Trinajstić information content (AvgIpc) is 3.19. The number of piperazine rings is 1. The van der Waals surface area contributed by atoms with Gasteiger partial charge in [0.1, 0.15) is 12.4 Å². The van der Waals surface area contributed by atoms with E-state index >= 15 is 0 Å². The molecule has 9 heteroatoms. The lowest BCUT2D eigenvalue weighted by atomic mass is 10.1. The first-order valence-electron chi connectivity index (χ1n) is 11.1. The minimum absolute atomic E-state index is 0.139. The molecule has 0 bridgehead atoms. The molecule has 7 nitrogen and oxygen atoms in total. The van der Waals surface area contributed by atoms with Gasteiger partial charge in [-0.15, -0.1) is 0 Å². The number of rotatable bonds is 8. The van der Waals surface area contributed by atoms with Crippen molar-refractivity contribution in [1.82, 2.24) is 24.6 Å². The molecule has 0 atom stereocenters. The Morgan fingerprint density at radius 2 is 1.91 bits per heavy atom. The monoisotopic (exact) mass is 485 g/mol. The van der Waals surface area contributed by atoms with Crippen LogP contribution in [0.2, 0.25) is 5.02 Å². The van der Waals surface area contributed by atoms with E-state index in [9.17, 15) is 4.79 Å². The molecular formula is C24H28ClN5O2S. The number of carbonyl (C=O) groups is 1. The van der Waals surface area contributed by atoms with E-state index in [2.05, 4.69) is 21.2 Å². The van der Waals surface area contributed by atoms with Gasteiger partial charge >= 0.3 is 0 Å². The number of nitrogens with one attached hydrogen (secondary N) is 1. The number of amides is 1. The topological polar surface area (TPSA) is 66.4 Å². The number of carbonyl (C=O) groups excluding carboxylic acids is 1. The molecule has 1 fully saturated rings. The van der Waals surface area contributed by atoms with E-state index in [-0.39, 0.29) is 5.91 Å². The van der Waals surface area contributed by atoms with E-state index in [1.54, 1.807) is 0 Å². The van der Waals surface area contributed by atoms with Crippen molar-refractivity contribution >= 4 is 29.7 Å². The van der Waals surface area contributed by atoms with Crippen LogP contribution in [0, 0.1) is 11.7 Å². The zero-order valence-corrected chi connectivity index (χ0v) is 20.2. The lowest BCUT2D eigenvalue weighted by molar-refractivity contribution is -0.133. The quantitative estimate of drug-likeness (QED) is 0.485. The molecule has 2 aromatic carbocycles. The standard InChI is InChI=1S/C24H28ClN5O2S/c1-18-5-4-6-19(17-18)23-26-27-24(33)30(23)10-9-22(31)29-13-11-28(12-14-29)15-16-32-21-8-3-2-7-20(21)25/h2-8,17H,9-16H2,1H3,(H,27,33). The summed E-state index contributed by atoms with van der Waals surface area (Å²) in [5.74, 6) is 1.61. The third-order valence-electron chi connectivity index (χ3n) is 5.81. The van der Waals surface area contributed by atoms with Crippen LogP contribution < -0.4 is 4.74 Å². The number of nitrogens with zero attached hydrogens (tertiary/aromatic N) is 4. The van der Waals surface area contributed by atoms with Gasteiger partial charge in [-0.1, -0.05) is 47.5 Å². The highest BCUT2D eigenvalue weighted by molar-refractivity contribution is 7.71. The van der Waals surface area contributed by atoms with Crippen molar-refractivity contribution in [2.45, 2.75) is 19.9 Å². The van der Waals surface area contributed by atoms with Crippen LogP contribution in [0.15, 0.2) is 48.5 Å². The van der Waals surface area contributed by atoms with E-state index in [1.807, 2.05) is 58.9 Å². The summed E-state index contributed by atoms with van der Waals surface area (Å²) in [6, 6.07) is 15.6. The molecule has 1 aliphatic heterocycles. The average molecular weight is 486 g/mol. The maximum atomic E-state index is 12.8. The lowest BCUT2D eigenvalue weighted by Crippen LogP contribution is -2.49. The second-order valence-electron chi connectivity index (χ2n) is 8.12. The Hall–Kier alpha value is -2.68. The van der Waals surface area contributed by atoms with Crippen LogP contribution in [0.25, 0.3) is 11.4 Å². The Morgan fingerprint density at radius 1 is 1.12 bits per heavy atom. The number of H-pyrrole nitrogens is 1. The molecule has 0 aliphatic carbocycles. The first kappa shape index (κ1) is 23.5. The van der Waals surface area contributed by atoms with Crippen LogP contribution in [0.4, 0.5) is 0 Å². The molecule has 0 unspecified atom stereocenters. The van der Waals surface area contributed by atoms with E-state index in [0.717, 1.165) is 36.6 Å². The van der Waals surface area contributed by atoms with Crippen molar-refractivity contribution in [3.05, 3.63) is 63.9 Å². The number of hydrogen-bond acceptors (Lipinski definition) is 5. The third-order valence-corrected chi connectivity index (χ3v) is 6.43. The number of hydrogen-bond donors (Lipinski definition) is 1. The molecule has 174 valence electrons. The summed E-state index contributed by atoms with van der Waals surface area (Å²) in [6.07, 6.45) is 0.391. The number of ether oxygens (including phenoxy) is 1. The van der Waals surface area contributed by atoms with Gasteiger partial charge in [-0.25, -0.2) is 0 Å². The number of aromatic amines is 1. The van der Waals surface area contributed by atoms with E-state index in [4.69, 9.17) is 28.6 Å². The van der Waals surface area contributed by atoms with Gasteiger partial charge in [-0.3, -0.25) is 19.4 Å². The van der Waals surface area contributed by atoms with Gasteiger partial charge in [0.25, 0.3) is 0 Å². The molecule has 1 aliphatic rings. The van der Waals surface area contributed by atoms with E-state index in [0.29, 0.717) is 48.2 Å². The van der Waals surface area contributed by atoms with Crippen molar-refractivity contribution in [1.29, 1.82) is 0 Å². The van der Waals surface area contributed by atoms with Crippen LogP contribution in [0.5, 0.6) is 5.75 Å². The third kappa shape index (κ3) is 6.01. The Balaban J connectivity index is 1.24. The summed E-state index contributed by atoms with van der Waals surface area (Å²) < 4.78 is 8.22. The van der Waals surface area contributed by atoms with Crippen LogP contribution in [0.1, 0.15) is 12.0 Å². The normalized spacial score (nSPS) is 14.4. The molecule has 0 radical (unpaired) electrons. The van der Waals surface area contributed by atoms with Gasteiger partial charge in [-0.05, 0) is 37.3 Å². The van der Waals surface area contributed by atoms with E-state index < -0.39 is 0 Å². The Bertz CT molecular complexity index is 1150. The van der Waals surface area contributed by atoms with Crippen LogP contribution >= 0.6 is 23.8 Å². The molecule has 0 saturated carbocycles. The molecule has 0 spiro atoms. The zero-order valence-electron chi connectivity index (χ0n) is 18.7. The van der Waals surface area contributed by atoms with Gasteiger partial charge in [0.15, 0.2) is 10.6 Å². The molecule has 1 aromatic heterocycles. The highest BCUT2D eigenvalue weighted by Crippen LogP contribution is 2.23. The zero-order chi connectivity index (χ0) is 23.2. The fourth-order valence-corrected chi connectivity index (χ4v) is 4.38. The SMILES string of the molecule is Cc1cccc(-c2n[nH]c(=S)n2CCC(=O)N2CCN(CCOc3ccccc3Cl)CC2)c1. The fourth-order valence-electron chi connectivity index (χ4n) is 3.96.